The van der Waals surface area contributed by atoms with Crippen molar-refractivity contribution in [1.29, 1.82) is 0 Å². The Balaban J connectivity index is 1.74. The van der Waals surface area contributed by atoms with Gasteiger partial charge in [-0.2, -0.15) is 5.10 Å². The van der Waals surface area contributed by atoms with Gasteiger partial charge in [-0.3, -0.25) is 9.89 Å². The van der Waals surface area contributed by atoms with Crippen LogP contribution in [0.2, 0.25) is 0 Å². The van der Waals surface area contributed by atoms with Crippen LogP contribution in [0.1, 0.15) is 35.8 Å². The van der Waals surface area contributed by atoms with Crippen LogP contribution in [0.3, 0.4) is 0 Å². The number of carbonyl (C=O) groups is 1. The zero-order valence-corrected chi connectivity index (χ0v) is 14.6. The minimum atomic E-state index is -0.330. The topological polar surface area (TPSA) is 67.0 Å². The van der Waals surface area contributed by atoms with E-state index >= 15 is 0 Å². The predicted octanol–water partition coefficient (Wildman–Crippen LogP) is 4.11. The van der Waals surface area contributed by atoms with Crippen molar-refractivity contribution in [2.24, 2.45) is 0 Å². The molecule has 0 fully saturated rings. The Morgan fingerprint density at radius 1 is 1.19 bits per heavy atom. The maximum atomic E-state index is 13.1. The van der Waals surface area contributed by atoms with E-state index in [0.717, 1.165) is 11.3 Å². The number of ether oxygens (including phenoxy) is 1. The Morgan fingerprint density at radius 3 is 2.54 bits per heavy atom. The molecule has 0 radical (unpaired) electrons. The van der Waals surface area contributed by atoms with Crippen LogP contribution in [-0.4, -0.2) is 22.7 Å². The first-order valence-electron chi connectivity index (χ1n) is 8.41. The van der Waals surface area contributed by atoms with Crippen LogP contribution in [0.15, 0.2) is 54.7 Å². The molecule has 5 nitrogen and oxygen atoms in total. The molecule has 3 aromatic rings. The molecule has 0 bridgehead atoms. The highest BCUT2D eigenvalue weighted by Crippen LogP contribution is 2.23. The number of carbonyl (C=O) groups excluding carboxylic acids is 1. The fourth-order valence-electron chi connectivity index (χ4n) is 2.67. The normalized spacial score (nSPS) is 11.8. The monoisotopic (exact) mass is 353 g/mol. The second-order valence-electron chi connectivity index (χ2n) is 5.86. The van der Waals surface area contributed by atoms with Gasteiger partial charge in [0.1, 0.15) is 11.6 Å². The summed E-state index contributed by atoms with van der Waals surface area (Å²) < 4.78 is 18.5. The Bertz CT molecular complexity index is 873. The lowest BCUT2D eigenvalue weighted by Gasteiger charge is -2.15. The molecular weight excluding hydrogens is 333 g/mol. The van der Waals surface area contributed by atoms with Crippen molar-refractivity contribution < 1.29 is 13.9 Å². The van der Waals surface area contributed by atoms with Crippen LogP contribution in [0, 0.1) is 5.82 Å². The number of benzene rings is 2. The molecule has 26 heavy (non-hydrogen) atoms. The average molecular weight is 353 g/mol. The Kier molecular flexibility index (Phi) is 5.31. The third-order valence-electron chi connectivity index (χ3n) is 4.06. The smallest absolute Gasteiger partial charge is 0.255 e. The summed E-state index contributed by atoms with van der Waals surface area (Å²) in [4.78, 5) is 12.7. The predicted molar refractivity (Wildman–Crippen MR) is 97.5 cm³/mol. The molecule has 0 aliphatic carbocycles. The first kappa shape index (κ1) is 17.7. The van der Waals surface area contributed by atoms with Gasteiger partial charge in [0.25, 0.3) is 5.91 Å². The third kappa shape index (κ3) is 3.91. The zero-order valence-electron chi connectivity index (χ0n) is 14.6. The molecule has 3 rings (SSSR count). The molecule has 2 aromatic carbocycles. The van der Waals surface area contributed by atoms with Gasteiger partial charge in [-0.25, -0.2) is 4.39 Å². The maximum Gasteiger partial charge on any atom is 0.255 e. The van der Waals surface area contributed by atoms with Crippen LogP contribution >= 0.6 is 0 Å². The molecule has 2 N–H and O–H groups in total. The lowest BCUT2D eigenvalue weighted by Crippen LogP contribution is -2.26. The van der Waals surface area contributed by atoms with Gasteiger partial charge in [0.2, 0.25) is 0 Å². The number of hydrogen-bond acceptors (Lipinski definition) is 3. The fourth-order valence-corrected chi connectivity index (χ4v) is 2.67. The summed E-state index contributed by atoms with van der Waals surface area (Å²) in [6, 6.07) is 13.3. The van der Waals surface area contributed by atoms with Crippen LogP contribution in [0.25, 0.3) is 11.3 Å². The van der Waals surface area contributed by atoms with Gasteiger partial charge in [0.15, 0.2) is 0 Å². The second-order valence-corrected chi connectivity index (χ2v) is 5.86. The van der Waals surface area contributed by atoms with Crippen molar-refractivity contribution in [3.8, 4) is 17.0 Å². The number of amides is 1. The van der Waals surface area contributed by atoms with Gasteiger partial charge in [-0.05, 0) is 55.8 Å². The van der Waals surface area contributed by atoms with E-state index in [1.165, 1.54) is 18.3 Å². The number of aromatic nitrogens is 2. The van der Waals surface area contributed by atoms with Crippen molar-refractivity contribution in [3.05, 3.63) is 71.7 Å². The number of hydrogen-bond donors (Lipinski definition) is 2. The Morgan fingerprint density at radius 2 is 1.88 bits per heavy atom. The third-order valence-corrected chi connectivity index (χ3v) is 4.06. The van der Waals surface area contributed by atoms with E-state index in [1.54, 1.807) is 12.1 Å². The molecule has 134 valence electrons. The summed E-state index contributed by atoms with van der Waals surface area (Å²) in [7, 11) is 0. The molecular formula is C20H20FN3O2. The summed E-state index contributed by atoms with van der Waals surface area (Å²) in [6.07, 6.45) is 1.47. The number of nitrogens with zero attached hydrogens (tertiary/aromatic N) is 1. The fraction of sp³-hybridized carbons (Fsp3) is 0.200. The van der Waals surface area contributed by atoms with Crippen LogP contribution in [0.4, 0.5) is 4.39 Å². The van der Waals surface area contributed by atoms with Gasteiger partial charge in [0.05, 0.1) is 30.1 Å². The van der Waals surface area contributed by atoms with Crippen molar-refractivity contribution in [1.82, 2.24) is 15.5 Å². The highest BCUT2D eigenvalue weighted by atomic mass is 19.1. The molecule has 0 saturated carbocycles. The second kappa shape index (κ2) is 7.82. The summed E-state index contributed by atoms with van der Waals surface area (Å²) in [5.74, 6) is 0.214. The molecule has 1 aromatic heterocycles. The number of H-pyrrole nitrogens is 1. The zero-order chi connectivity index (χ0) is 18.5. The highest BCUT2D eigenvalue weighted by molar-refractivity contribution is 5.99. The van der Waals surface area contributed by atoms with E-state index in [4.69, 9.17) is 4.74 Å². The quantitative estimate of drug-likeness (QED) is 0.701. The molecule has 0 aliphatic rings. The van der Waals surface area contributed by atoms with Gasteiger partial charge in [0, 0.05) is 5.56 Å². The van der Waals surface area contributed by atoms with E-state index < -0.39 is 0 Å². The molecule has 1 heterocycles. The average Bonchev–Trinajstić information content (AvgIpc) is 3.13. The van der Waals surface area contributed by atoms with Crippen molar-refractivity contribution >= 4 is 5.91 Å². The number of rotatable bonds is 6. The van der Waals surface area contributed by atoms with Gasteiger partial charge >= 0.3 is 0 Å². The molecule has 0 aliphatic heterocycles. The van der Waals surface area contributed by atoms with Gasteiger partial charge in [-0.1, -0.05) is 12.1 Å². The summed E-state index contributed by atoms with van der Waals surface area (Å²) in [6.45, 7) is 4.45. The first-order chi connectivity index (χ1) is 12.6. The molecule has 1 atom stereocenters. The summed E-state index contributed by atoms with van der Waals surface area (Å²) in [5.41, 5.74) is 2.63. The number of nitrogens with one attached hydrogen (secondary N) is 2. The van der Waals surface area contributed by atoms with Crippen LogP contribution in [0.5, 0.6) is 5.75 Å². The number of halogens is 1. The van der Waals surface area contributed by atoms with E-state index in [-0.39, 0.29) is 17.8 Å². The SMILES string of the molecule is CCOc1ccc([C@H](C)NC(=O)c2cn[nH]c2-c2ccc(F)cc2)cc1. The Hall–Kier alpha value is -3.15. The standard InChI is InChI=1S/C20H20FN3O2/c1-3-26-17-10-6-14(7-11-17)13(2)23-20(25)18-12-22-24-19(18)15-4-8-16(21)9-5-15/h4-13H,3H2,1-2H3,(H,22,24)(H,23,25)/t13-/m0/s1. The van der Waals surface area contributed by atoms with Gasteiger partial charge in [-0.15, -0.1) is 0 Å². The van der Waals surface area contributed by atoms with Gasteiger partial charge < -0.3 is 10.1 Å². The largest absolute Gasteiger partial charge is 0.494 e. The van der Waals surface area contributed by atoms with E-state index in [9.17, 15) is 9.18 Å². The van der Waals surface area contributed by atoms with E-state index in [1.807, 2.05) is 38.1 Å². The van der Waals surface area contributed by atoms with Crippen molar-refractivity contribution in [2.75, 3.05) is 6.61 Å². The Labute approximate surface area is 151 Å². The molecule has 0 saturated heterocycles. The number of aromatic amines is 1. The lowest BCUT2D eigenvalue weighted by atomic mass is 10.1. The summed E-state index contributed by atoms with van der Waals surface area (Å²) in [5, 5.41) is 9.72. The summed E-state index contributed by atoms with van der Waals surface area (Å²) >= 11 is 0. The van der Waals surface area contributed by atoms with Crippen molar-refractivity contribution in [3.63, 3.8) is 0 Å². The molecule has 0 spiro atoms. The van der Waals surface area contributed by atoms with Crippen LogP contribution in [-0.2, 0) is 0 Å². The van der Waals surface area contributed by atoms with E-state index in [0.29, 0.717) is 23.4 Å². The highest BCUT2D eigenvalue weighted by Gasteiger charge is 2.18. The van der Waals surface area contributed by atoms with Crippen molar-refractivity contribution in [2.45, 2.75) is 19.9 Å². The minimum absolute atomic E-state index is 0.186. The molecule has 6 heteroatoms. The first-order valence-corrected chi connectivity index (χ1v) is 8.41. The lowest BCUT2D eigenvalue weighted by molar-refractivity contribution is 0.0940. The minimum Gasteiger partial charge on any atom is -0.494 e. The molecule has 1 amide bonds. The van der Waals surface area contributed by atoms with E-state index in [2.05, 4.69) is 15.5 Å². The van der Waals surface area contributed by atoms with Crippen LogP contribution < -0.4 is 10.1 Å². The molecule has 0 unspecified atom stereocenters. The maximum absolute atomic E-state index is 13.1.